The predicted octanol–water partition coefficient (Wildman–Crippen LogP) is -1.13. The number of rotatable bonds is 4. The van der Waals surface area contributed by atoms with Crippen molar-refractivity contribution in [3.05, 3.63) is 11.6 Å². The lowest BCUT2D eigenvalue weighted by molar-refractivity contribution is -0.132. The Hall–Kier alpha value is -1.96. The van der Waals surface area contributed by atoms with Gasteiger partial charge in [-0.05, 0) is 0 Å². The van der Waals surface area contributed by atoms with Gasteiger partial charge in [0.2, 0.25) is 11.7 Å². The second kappa shape index (κ2) is 6.47. The number of likely N-dealkylation sites (N-methyl/N-ethyl adjacent to an activating group) is 1. The number of hydrogen-bond acceptors (Lipinski definition) is 5. The molecule has 1 fully saturated rings. The number of aromatic amines is 1. The van der Waals surface area contributed by atoms with E-state index < -0.39 is 0 Å². The highest BCUT2D eigenvalue weighted by atomic mass is 16.2. The van der Waals surface area contributed by atoms with Crippen molar-refractivity contribution in [3.63, 3.8) is 0 Å². The molecule has 20 heavy (non-hydrogen) atoms. The molecule has 2 heterocycles. The summed E-state index contributed by atoms with van der Waals surface area (Å²) < 4.78 is 0. The van der Waals surface area contributed by atoms with Gasteiger partial charge < -0.3 is 15.1 Å². The number of aromatic nitrogens is 3. The molecule has 110 valence electrons. The highest BCUT2D eigenvalue weighted by Gasteiger charge is 2.22. The molecule has 2 amide bonds. The number of H-pyrrole nitrogens is 1. The minimum atomic E-state index is -0.343. The van der Waals surface area contributed by atoms with Crippen molar-refractivity contribution in [1.82, 2.24) is 30.3 Å². The van der Waals surface area contributed by atoms with Crippen LogP contribution in [0.25, 0.3) is 0 Å². The summed E-state index contributed by atoms with van der Waals surface area (Å²) in [6.45, 7) is 4.93. The maximum absolute atomic E-state index is 12.1. The van der Waals surface area contributed by atoms with Crippen molar-refractivity contribution < 1.29 is 9.59 Å². The number of carbonyl (C=O) groups excluding carboxylic acids is 2. The lowest BCUT2D eigenvalue weighted by atomic mass is 10.3. The topological polar surface area (TPSA) is 94.2 Å². The minimum absolute atomic E-state index is 0.0476. The smallest absolute Gasteiger partial charge is 0.293 e. The number of piperazine rings is 1. The summed E-state index contributed by atoms with van der Waals surface area (Å²) in [6.07, 6.45) is 0.684. The molecule has 2 rings (SSSR count). The third kappa shape index (κ3) is 3.32. The van der Waals surface area contributed by atoms with Gasteiger partial charge in [0.15, 0.2) is 0 Å². The van der Waals surface area contributed by atoms with E-state index in [9.17, 15) is 9.59 Å². The van der Waals surface area contributed by atoms with Gasteiger partial charge in [-0.2, -0.15) is 0 Å². The fraction of sp³-hybridized carbons (Fsp3) is 0.667. The van der Waals surface area contributed by atoms with Gasteiger partial charge >= 0.3 is 0 Å². The number of amides is 2. The van der Waals surface area contributed by atoms with Crippen LogP contribution in [-0.2, 0) is 11.2 Å². The van der Waals surface area contributed by atoms with Gasteiger partial charge in [0.1, 0.15) is 5.82 Å². The van der Waals surface area contributed by atoms with Crippen molar-refractivity contribution in [2.24, 2.45) is 0 Å². The maximum Gasteiger partial charge on any atom is 0.293 e. The average molecular weight is 280 g/mol. The van der Waals surface area contributed by atoms with Crippen molar-refractivity contribution in [2.75, 3.05) is 39.8 Å². The largest absolute Gasteiger partial charge is 0.339 e. The molecule has 0 saturated carbocycles. The quantitative estimate of drug-likeness (QED) is 0.728. The molecule has 1 aromatic heterocycles. The normalized spacial score (nSPS) is 15.2. The van der Waals surface area contributed by atoms with Crippen LogP contribution in [-0.4, -0.2) is 76.6 Å². The Morgan fingerprint density at radius 3 is 2.65 bits per heavy atom. The van der Waals surface area contributed by atoms with E-state index in [0.29, 0.717) is 25.3 Å². The molecule has 0 aromatic carbocycles. The second-order valence-corrected chi connectivity index (χ2v) is 4.75. The maximum atomic E-state index is 12.1. The fourth-order valence-electron chi connectivity index (χ4n) is 2.01. The Morgan fingerprint density at radius 2 is 2.05 bits per heavy atom. The Morgan fingerprint density at radius 1 is 1.35 bits per heavy atom. The van der Waals surface area contributed by atoms with Gasteiger partial charge in [-0.1, -0.05) is 6.92 Å². The molecule has 0 bridgehead atoms. The first kappa shape index (κ1) is 14.4. The van der Waals surface area contributed by atoms with E-state index in [2.05, 4.69) is 20.5 Å². The van der Waals surface area contributed by atoms with Crippen molar-refractivity contribution in [3.8, 4) is 0 Å². The zero-order valence-electron chi connectivity index (χ0n) is 11.8. The van der Waals surface area contributed by atoms with E-state index in [-0.39, 0.29) is 24.2 Å². The summed E-state index contributed by atoms with van der Waals surface area (Å²) in [5, 5.41) is 9.74. The van der Waals surface area contributed by atoms with Gasteiger partial charge in [-0.15, -0.1) is 5.10 Å². The van der Waals surface area contributed by atoms with E-state index >= 15 is 0 Å². The Bertz CT molecular complexity index is 480. The van der Waals surface area contributed by atoms with Crippen LogP contribution in [0.2, 0.25) is 0 Å². The molecule has 0 atom stereocenters. The molecule has 0 unspecified atom stereocenters. The Labute approximate surface area is 117 Å². The molecule has 1 saturated heterocycles. The molecule has 2 N–H and O–H groups in total. The van der Waals surface area contributed by atoms with Crippen molar-refractivity contribution in [2.45, 2.75) is 13.3 Å². The van der Waals surface area contributed by atoms with Crippen LogP contribution in [0.1, 0.15) is 23.4 Å². The van der Waals surface area contributed by atoms with Gasteiger partial charge in [0.25, 0.3) is 5.91 Å². The lowest BCUT2D eigenvalue weighted by Crippen LogP contribution is -2.49. The minimum Gasteiger partial charge on any atom is -0.339 e. The molecule has 0 spiro atoms. The van der Waals surface area contributed by atoms with Crippen LogP contribution in [0.15, 0.2) is 0 Å². The second-order valence-electron chi connectivity index (χ2n) is 4.75. The van der Waals surface area contributed by atoms with E-state index in [4.69, 9.17) is 0 Å². The third-order valence-corrected chi connectivity index (χ3v) is 3.25. The first-order valence-electron chi connectivity index (χ1n) is 6.77. The molecular formula is C12H20N6O2. The summed E-state index contributed by atoms with van der Waals surface area (Å²) in [5.74, 6) is 0.380. The molecule has 8 heteroatoms. The number of nitrogens with zero attached hydrogens (tertiary/aromatic N) is 4. The zero-order valence-corrected chi connectivity index (χ0v) is 11.8. The predicted molar refractivity (Wildman–Crippen MR) is 72.2 cm³/mol. The van der Waals surface area contributed by atoms with Crippen molar-refractivity contribution >= 4 is 11.8 Å². The summed E-state index contributed by atoms with van der Waals surface area (Å²) in [7, 11) is 1.59. The summed E-state index contributed by atoms with van der Waals surface area (Å²) in [6, 6.07) is 0. The van der Waals surface area contributed by atoms with Crippen molar-refractivity contribution in [1.29, 1.82) is 0 Å². The molecular weight excluding hydrogens is 260 g/mol. The first-order chi connectivity index (χ1) is 9.61. The zero-order chi connectivity index (χ0) is 14.5. The van der Waals surface area contributed by atoms with E-state index in [1.807, 2.05) is 6.92 Å². The first-order valence-corrected chi connectivity index (χ1v) is 6.77. The lowest BCUT2D eigenvalue weighted by Gasteiger charge is -2.29. The van der Waals surface area contributed by atoms with E-state index in [0.717, 1.165) is 13.1 Å². The van der Waals surface area contributed by atoms with Gasteiger partial charge in [0.05, 0.1) is 6.54 Å². The molecule has 0 aliphatic carbocycles. The number of aryl methyl sites for hydroxylation is 1. The molecule has 1 aliphatic heterocycles. The van der Waals surface area contributed by atoms with Crippen LogP contribution < -0.4 is 5.32 Å². The average Bonchev–Trinajstić information content (AvgIpc) is 2.96. The summed E-state index contributed by atoms with van der Waals surface area (Å²) >= 11 is 0. The SMILES string of the molecule is CCc1nc(C(=O)N(C)CC(=O)N2CCNCC2)n[nH]1. The standard InChI is InChI=1S/C12H20N6O2/c1-3-9-14-11(16-15-9)12(20)17(2)8-10(19)18-6-4-13-5-7-18/h13H,3-8H2,1-2H3,(H,14,15,16). The molecule has 8 nitrogen and oxygen atoms in total. The van der Waals surface area contributed by atoms with Crippen LogP contribution in [0, 0.1) is 0 Å². The summed E-state index contributed by atoms with van der Waals surface area (Å²) in [4.78, 5) is 31.3. The monoisotopic (exact) mass is 280 g/mol. The molecule has 0 radical (unpaired) electrons. The summed E-state index contributed by atoms with van der Waals surface area (Å²) in [5.41, 5.74) is 0. The van der Waals surface area contributed by atoms with E-state index in [1.54, 1.807) is 11.9 Å². The number of nitrogens with one attached hydrogen (secondary N) is 2. The molecule has 1 aromatic rings. The third-order valence-electron chi connectivity index (χ3n) is 3.25. The van der Waals surface area contributed by atoms with Crippen LogP contribution in [0.5, 0.6) is 0 Å². The van der Waals surface area contributed by atoms with Crippen LogP contribution in [0.4, 0.5) is 0 Å². The van der Waals surface area contributed by atoms with Crippen LogP contribution in [0.3, 0.4) is 0 Å². The van der Waals surface area contributed by atoms with Crippen LogP contribution >= 0.6 is 0 Å². The fourth-order valence-corrected chi connectivity index (χ4v) is 2.01. The van der Waals surface area contributed by atoms with Gasteiger partial charge in [-0.25, -0.2) is 4.98 Å². The molecule has 1 aliphatic rings. The highest BCUT2D eigenvalue weighted by Crippen LogP contribution is 2.01. The number of carbonyl (C=O) groups is 2. The Balaban J connectivity index is 1.91. The van der Waals surface area contributed by atoms with Gasteiger partial charge in [-0.3, -0.25) is 14.7 Å². The van der Waals surface area contributed by atoms with E-state index in [1.165, 1.54) is 4.90 Å². The highest BCUT2D eigenvalue weighted by molar-refractivity contribution is 5.93. The Kier molecular flexibility index (Phi) is 4.67. The number of hydrogen-bond donors (Lipinski definition) is 2. The van der Waals surface area contributed by atoms with Gasteiger partial charge in [0, 0.05) is 39.6 Å².